The van der Waals surface area contributed by atoms with E-state index < -0.39 is 0 Å². The molecule has 0 aliphatic rings. The standard InChI is InChI=1S/C19H12N4O/c1-22-14-6-2-3-7-15(14)23-16-13(21-19(22)23)9-8-11-12-5-4-10-20-18(12)24-17(11)16/h2-10H,1H3. The van der Waals surface area contributed by atoms with Gasteiger partial charge < -0.3 is 8.98 Å². The topological polar surface area (TPSA) is 48.3 Å². The number of aromatic nitrogens is 4. The number of hydrogen-bond donors (Lipinski definition) is 0. The zero-order valence-corrected chi connectivity index (χ0v) is 12.9. The number of para-hydroxylation sites is 2. The summed E-state index contributed by atoms with van der Waals surface area (Å²) in [5, 5.41) is 2.10. The van der Waals surface area contributed by atoms with E-state index in [0.29, 0.717) is 5.71 Å². The third-order valence-corrected chi connectivity index (χ3v) is 4.80. The molecule has 6 rings (SSSR count). The fourth-order valence-corrected chi connectivity index (χ4v) is 3.71. The number of aryl methyl sites for hydroxylation is 1. The molecule has 5 nitrogen and oxygen atoms in total. The molecule has 0 saturated heterocycles. The van der Waals surface area contributed by atoms with Gasteiger partial charge in [-0.2, -0.15) is 0 Å². The summed E-state index contributed by atoms with van der Waals surface area (Å²) in [6, 6.07) is 16.4. The molecule has 0 saturated carbocycles. The summed E-state index contributed by atoms with van der Waals surface area (Å²) in [5.74, 6) is 0.909. The van der Waals surface area contributed by atoms with Crippen LogP contribution in [0.1, 0.15) is 0 Å². The average Bonchev–Trinajstić information content (AvgIpc) is 3.25. The highest BCUT2D eigenvalue weighted by atomic mass is 16.3. The normalized spacial score (nSPS) is 12.4. The smallest absolute Gasteiger partial charge is 0.227 e. The largest absolute Gasteiger partial charge is 0.435 e. The number of rotatable bonds is 0. The molecule has 4 aromatic heterocycles. The first-order valence-corrected chi connectivity index (χ1v) is 7.85. The maximum absolute atomic E-state index is 6.11. The molecule has 6 aromatic rings. The van der Waals surface area contributed by atoms with Gasteiger partial charge in [-0.1, -0.05) is 12.1 Å². The molecule has 0 aliphatic carbocycles. The van der Waals surface area contributed by atoms with Crippen molar-refractivity contribution in [1.82, 2.24) is 18.9 Å². The van der Waals surface area contributed by atoms with E-state index in [9.17, 15) is 0 Å². The van der Waals surface area contributed by atoms with Gasteiger partial charge in [0.1, 0.15) is 5.52 Å². The lowest BCUT2D eigenvalue weighted by atomic mass is 10.2. The molecular weight excluding hydrogens is 300 g/mol. The lowest BCUT2D eigenvalue weighted by molar-refractivity contribution is 0.656. The molecule has 5 heteroatoms. The van der Waals surface area contributed by atoms with Crippen LogP contribution in [0.5, 0.6) is 0 Å². The Balaban J connectivity index is 1.98. The maximum atomic E-state index is 6.11. The second-order valence-corrected chi connectivity index (χ2v) is 6.06. The number of hydrogen-bond acceptors (Lipinski definition) is 3. The van der Waals surface area contributed by atoms with Crippen LogP contribution in [-0.2, 0) is 7.05 Å². The van der Waals surface area contributed by atoms with Gasteiger partial charge in [0.2, 0.25) is 11.5 Å². The van der Waals surface area contributed by atoms with Gasteiger partial charge in [0, 0.05) is 24.0 Å². The molecule has 0 N–H and O–H groups in total. The number of fused-ring (bicyclic) bond motifs is 9. The van der Waals surface area contributed by atoms with Crippen LogP contribution in [-0.4, -0.2) is 18.9 Å². The molecule has 0 aliphatic heterocycles. The summed E-state index contributed by atoms with van der Waals surface area (Å²) in [5.41, 5.74) is 5.70. The number of furan rings is 1. The fraction of sp³-hybridized carbons (Fsp3) is 0.0526. The van der Waals surface area contributed by atoms with Crippen LogP contribution in [0.4, 0.5) is 0 Å². The van der Waals surface area contributed by atoms with E-state index >= 15 is 0 Å². The van der Waals surface area contributed by atoms with Gasteiger partial charge in [-0.15, -0.1) is 0 Å². The van der Waals surface area contributed by atoms with Gasteiger partial charge >= 0.3 is 0 Å². The second kappa shape index (κ2) is 3.94. The Labute approximate surface area is 135 Å². The van der Waals surface area contributed by atoms with E-state index in [0.717, 1.165) is 44.2 Å². The van der Waals surface area contributed by atoms with Gasteiger partial charge in [-0.05, 0) is 36.4 Å². The Morgan fingerprint density at radius 1 is 0.917 bits per heavy atom. The van der Waals surface area contributed by atoms with Gasteiger partial charge in [-0.25, -0.2) is 9.97 Å². The van der Waals surface area contributed by atoms with E-state index in [1.54, 1.807) is 6.20 Å². The van der Waals surface area contributed by atoms with Crippen LogP contribution in [0.15, 0.2) is 59.1 Å². The van der Waals surface area contributed by atoms with Crippen LogP contribution in [0, 0.1) is 0 Å². The van der Waals surface area contributed by atoms with E-state index in [1.165, 1.54) is 0 Å². The van der Waals surface area contributed by atoms with E-state index in [-0.39, 0.29) is 0 Å². The van der Waals surface area contributed by atoms with Crippen molar-refractivity contribution in [3.63, 3.8) is 0 Å². The van der Waals surface area contributed by atoms with Gasteiger partial charge in [0.25, 0.3) is 0 Å². The first-order chi connectivity index (χ1) is 11.8. The zero-order chi connectivity index (χ0) is 15.8. The van der Waals surface area contributed by atoms with Gasteiger partial charge in [0.05, 0.1) is 16.6 Å². The molecular formula is C19H12N4O. The molecule has 0 radical (unpaired) electrons. The minimum atomic E-state index is 0.662. The molecule has 0 bridgehead atoms. The van der Waals surface area contributed by atoms with Crippen LogP contribution < -0.4 is 0 Å². The molecule has 0 fully saturated rings. The summed E-state index contributed by atoms with van der Waals surface area (Å²) in [7, 11) is 2.04. The minimum Gasteiger partial charge on any atom is -0.435 e. The van der Waals surface area contributed by atoms with Crippen molar-refractivity contribution < 1.29 is 4.42 Å². The van der Waals surface area contributed by atoms with Crippen molar-refractivity contribution in [2.24, 2.45) is 7.05 Å². The number of pyridine rings is 1. The van der Waals surface area contributed by atoms with Crippen LogP contribution in [0.2, 0.25) is 0 Å². The quantitative estimate of drug-likeness (QED) is 0.421. The SMILES string of the molecule is Cn1c2ccccc2n2c3c(ccc4c5cccnc5oc43)nc12. The van der Waals surface area contributed by atoms with Crippen molar-refractivity contribution >= 4 is 49.9 Å². The van der Waals surface area contributed by atoms with Crippen LogP contribution in [0.25, 0.3) is 49.9 Å². The first kappa shape index (κ1) is 12.1. The van der Waals surface area contributed by atoms with Crippen LogP contribution in [0.3, 0.4) is 0 Å². The monoisotopic (exact) mass is 312 g/mol. The number of imidazole rings is 2. The van der Waals surface area contributed by atoms with Crippen LogP contribution >= 0.6 is 0 Å². The summed E-state index contributed by atoms with van der Waals surface area (Å²) < 4.78 is 10.4. The Bertz CT molecular complexity index is 1420. The van der Waals surface area contributed by atoms with Gasteiger partial charge in [0.15, 0.2) is 5.58 Å². The number of nitrogens with zero attached hydrogens (tertiary/aromatic N) is 4. The van der Waals surface area contributed by atoms with E-state index in [4.69, 9.17) is 9.40 Å². The Kier molecular flexibility index (Phi) is 1.99. The van der Waals surface area contributed by atoms with Crippen molar-refractivity contribution in [1.29, 1.82) is 0 Å². The molecule has 114 valence electrons. The highest BCUT2D eigenvalue weighted by molar-refractivity contribution is 6.14. The molecule has 2 aromatic carbocycles. The first-order valence-electron chi connectivity index (χ1n) is 7.85. The molecule has 0 atom stereocenters. The Morgan fingerprint density at radius 3 is 2.71 bits per heavy atom. The molecule has 0 spiro atoms. The molecule has 0 unspecified atom stereocenters. The van der Waals surface area contributed by atoms with E-state index in [2.05, 4.69) is 38.2 Å². The summed E-state index contributed by atoms with van der Waals surface area (Å²) in [6.45, 7) is 0. The molecule has 24 heavy (non-hydrogen) atoms. The van der Waals surface area contributed by atoms with Crippen molar-refractivity contribution in [3.05, 3.63) is 54.7 Å². The van der Waals surface area contributed by atoms with E-state index in [1.807, 2.05) is 31.3 Å². The maximum Gasteiger partial charge on any atom is 0.227 e. The fourth-order valence-electron chi connectivity index (χ4n) is 3.71. The predicted molar refractivity (Wildman–Crippen MR) is 94.2 cm³/mol. The highest BCUT2D eigenvalue weighted by Gasteiger charge is 2.19. The van der Waals surface area contributed by atoms with Crippen molar-refractivity contribution in [2.45, 2.75) is 0 Å². The summed E-state index contributed by atoms with van der Waals surface area (Å²) in [4.78, 5) is 9.17. The van der Waals surface area contributed by atoms with Gasteiger partial charge in [-0.3, -0.25) is 4.40 Å². The molecule has 4 heterocycles. The predicted octanol–water partition coefficient (Wildman–Crippen LogP) is 4.27. The Hall–Kier alpha value is -3.34. The minimum absolute atomic E-state index is 0.662. The van der Waals surface area contributed by atoms with Crippen molar-refractivity contribution in [3.8, 4) is 0 Å². The second-order valence-electron chi connectivity index (χ2n) is 6.06. The lowest BCUT2D eigenvalue weighted by Gasteiger charge is -1.96. The zero-order valence-electron chi connectivity index (χ0n) is 12.9. The molecule has 0 amide bonds. The average molecular weight is 312 g/mol. The number of benzene rings is 2. The Morgan fingerprint density at radius 2 is 1.79 bits per heavy atom. The highest BCUT2D eigenvalue weighted by Crippen LogP contribution is 2.35. The third-order valence-electron chi connectivity index (χ3n) is 4.80. The van der Waals surface area contributed by atoms with Crippen molar-refractivity contribution in [2.75, 3.05) is 0 Å². The third kappa shape index (κ3) is 1.27. The lowest BCUT2D eigenvalue weighted by Crippen LogP contribution is -1.87. The summed E-state index contributed by atoms with van der Waals surface area (Å²) in [6.07, 6.45) is 1.76. The summed E-state index contributed by atoms with van der Waals surface area (Å²) >= 11 is 0.